The zero-order valence-corrected chi connectivity index (χ0v) is 5.86. The maximum Gasteiger partial charge on any atom is 0.157 e. The summed E-state index contributed by atoms with van der Waals surface area (Å²) in [5.41, 5.74) is 0. The van der Waals surface area contributed by atoms with Crippen molar-refractivity contribution in [1.29, 1.82) is 0 Å². The average molecular weight is 152 g/mol. The molecule has 0 atom stereocenters. The van der Waals surface area contributed by atoms with Crippen molar-refractivity contribution in [3.63, 3.8) is 0 Å². The third-order valence-corrected chi connectivity index (χ3v) is 1.15. The molecule has 1 aromatic carbocycles. The zero-order chi connectivity index (χ0) is 8.10. The number of hydrogen-bond acceptors (Lipinski definition) is 3. The Labute approximate surface area is 64.2 Å². The van der Waals surface area contributed by atoms with Gasteiger partial charge < -0.3 is 9.84 Å². The molecule has 0 fully saturated rings. The second-order valence-electron chi connectivity index (χ2n) is 1.97. The first-order valence-electron chi connectivity index (χ1n) is 3.18. The average Bonchev–Trinajstić information content (AvgIpc) is 2.04. The Morgan fingerprint density at radius 1 is 1.36 bits per heavy atom. The van der Waals surface area contributed by atoms with Crippen LogP contribution in [0.5, 0.6) is 11.5 Å². The minimum Gasteiger partial charge on any atom is -0.508 e. The van der Waals surface area contributed by atoms with Crippen LogP contribution in [0.25, 0.3) is 0 Å². The van der Waals surface area contributed by atoms with Gasteiger partial charge in [-0.3, -0.25) is 4.79 Å². The van der Waals surface area contributed by atoms with Crippen molar-refractivity contribution in [2.75, 3.05) is 6.61 Å². The Morgan fingerprint density at radius 2 is 2.00 bits per heavy atom. The van der Waals surface area contributed by atoms with E-state index in [2.05, 4.69) is 0 Å². The number of carbonyl (C=O) groups excluding carboxylic acids is 1. The second kappa shape index (κ2) is 3.61. The van der Waals surface area contributed by atoms with E-state index in [1.165, 1.54) is 12.1 Å². The van der Waals surface area contributed by atoms with Crippen LogP contribution in [0.2, 0.25) is 0 Å². The van der Waals surface area contributed by atoms with Gasteiger partial charge in [-0.05, 0) is 24.3 Å². The minimum absolute atomic E-state index is 0.0464. The fourth-order valence-electron chi connectivity index (χ4n) is 0.673. The number of carbonyl (C=O) groups is 1. The van der Waals surface area contributed by atoms with E-state index in [4.69, 9.17) is 9.84 Å². The van der Waals surface area contributed by atoms with E-state index < -0.39 is 0 Å². The summed E-state index contributed by atoms with van der Waals surface area (Å²) in [7, 11) is 0. The highest BCUT2D eigenvalue weighted by atomic mass is 16.5. The first kappa shape index (κ1) is 7.60. The van der Waals surface area contributed by atoms with Gasteiger partial charge in [-0.25, -0.2) is 0 Å². The van der Waals surface area contributed by atoms with Crippen molar-refractivity contribution in [2.45, 2.75) is 0 Å². The molecule has 3 heteroatoms. The quantitative estimate of drug-likeness (QED) is 0.656. The molecule has 0 spiro atoms. The minimum atomic E-state index is 0.0464. The lowest BCUT2D eigenvalue weighted by molar-refractivity contribution is -0.109. The Bertz CT molecular complexity index is 228. The molecule has 11 heavy (non-hydrogen) atoms. The third kappa shape index (κ3) is 2.29. The van der Waals surface area contributed by atoms with Crippen molar-refractivity contribution >= 4 is 6.29 Å². The number of hydrogen-bond donors (Lipinski definition) is 1. The normalized spacial score (nSPS) is 9.09. The van der Waals surface area contributed by atoms with Crippen molar-refractivity contribution in [3.05, 3.63) is 24.3 Å². The summed E-state index contributed by atoms with van der Waals surface area (Å²) < 4.78 is 4.93. The van der Waals surface area contributed by atoms with E-state index in [0.29, 0.717) is 12.0 Å². The van der Waals surface area contributed by atoms with Gasteiger partial charge in [0.15, 0.2) is 6.29 Å². The number of ether oxygens (including phenoxy) is 1. The molecular formula is C8H8O3. The van der Waals surface area contributed by atoms with Gasteiger partial charge in [0.05, 0.1) is 0 Å². The van der Waals surface area contributed by atoms with Crippen LogP contribution in [0.4, 0.5) is 0 Å². The van der Waals surface area contributed by atoms with Gasteiger partial charge in [0.1, 0.15) is 18.1 Å². The molecule has 0 saturated carbocycles. The van der Waals surface area contributed by atoms with Crippen LogP contribution < -0.4 is 4.74 Å². The summed E-state index contributed by atoms with van der Waals surface area (Å²) in [5, 5.41) is 8.86. The summed E-state index contributed by atoms with van der Waals surface area (Å²) in [6.45, 7) is 0.0464. The van der Waals surface area contributed by atoms with Gasteiger partial charge in [-0.2, -0.15) is 0 Å². The van der Waals surface area contributed by atoms with Crippen molar-refractivity contribution in [2.24, 2.45) is 0 Å². The molecule has 1 rings (SSSR count). The lowest BCUT2D eigenvalue weighted by Crippen LogP contribution is -1.96. The van der Waals surface area contributed by atoms with Crippen molar-refractivity contribution < 1.29 is 14.6 Å². The lowest BCUT2D eigenvalue weighted by Gasteiger charge is -2.00. The second-order valence-corrected chi connectivity index (χ2v) is 1.97. The number of phenolic OH excluding ortho intramolecular Hbond substituents is 1. The van der Waals surface area contributed by atoms with Crippen LogP contribution in [0.1, 0.15) is 0 Å². The van der Waals surface area contributed by atoms with Gasteiger partial charge in [0.2, 0.25) is 0 Å². The van der Waals surface area contributed by atoms with Gasteiger partial charge in [0, 0.05) is 0 Å². The van der Waals surface area contributed by atoms with Crippen LogP contribution in [-0.2, 0) is 4.79 Å². The Kier molecular flexibility index (Phi) is 2.49. The highest BCUT2D eigenvalue weighted by molar-refractivity contribution is 5.51. The highest BCUT2D eigenvalue weighted by Crippen LogP contribution is 2.15. The Morgan fingerprint density at radius 3 is 2.55 bits per heavy atom. The van der Waals surface area contributed by atoms with E-state index in [0.717, 1.165) is 0 Å². The van der Waals surface area contributed by atoms with Crippen LogP contribution in [0, 0.1) is 0 Å². The van der Waals surface area contributed by atoms with Gasteiger partial charge >= 0.3 is 0 Å². The smallest absolute Gasteiger partial charge is 0.157 e. The summed E-state index contributed by atoms with van der Waals surface area (Å²) in [4.78, 5) is 9.87. The topological polar surface area (TPSA) is 46.5 Å². The largest absolute Gasteiger partial charge is 0.508 e. The maximum absolute atomic E-state index is 9.87. The molecule has 0 radical (unpaired) electrons. The van der Waals surface area contributed by atoms with E-state index in [-0.39, 0.29) is 12.4 Å². The lowest BCUT2D eigenvalue weighted by atomic mass is 10.3. The molecule has 58 valence electrons. The molecule has 1 N–H and O–H groups in total. The molecule has 0 unspecified atom stereocenters. The molecule has 0 heterocycles. The first-order chi connectivity index (χ1) is 5.33. The van der Waals surface area contributed by atoms with Crippen molar-refractivity contribution in [1.82, 2.24) is 0 Å². The number of phenols is 1. The molecule has 0 bridgehead atoms. The predicted molar refractivity (Wildman–Crippen MR) is 39.7 cm³/mol. The van der Waals surface area contributed by atoms with E-state index in [1.54, 1.807) is 12.1 Å². The van der Waals surface area contributed by atoms with Crippen molar-refractivity contribution in [3.8, 4) is 11.5 Å². The van der Waals surface area contributed by atoms with Gasteiger partial charge in [0.25, 0.3) is 0 Å². The van der Waals surface area contributed by atoms with Crippen LogP contribution in [-0.4, -0.2) is 18.0 Å². The number of benzene rings is 1. The molecule has 1 aromatic rings. The number of rotatable bonds is 3. The molecule has 0 saturated heterocycles. The fourth-order valence-corrected chi connectivity index (χ4v) is 0.673. The monoisotopic (exact) mass is 152 g/mol. The Hall–Kier alpha value is -1.51. The molecule has 0 aliphatic rings. The molecule has 0 amide bonds. The highest BCUT2D eigenvalue weighted by Gasteiger charge is 1.91. The van der Waals surface area contributed by atoms with Crippen LogP contribution in [0.15, 0.2) is 24.3 Å². The standard InChI is InChI=1S/C8H8O3/c9-5-6-11-8-3-1-7(10)2-4-8/h1-5,10H,6H2. The SMILES string of the molecule is O=CCOc1ccc(O)cc1. The molecule has 0 aliphatic carbocycles. The fraction of sp³-hybridized carbons (Fsp3) is 0.125. The predicted octanol–water partition coefficient (Wildman–Crippen LogP) is 0.970. The zero-order valence-electron chi connectivity index (χ0n) is 5.86. The number of aromatic hydroxyl groups is 1. The summed E-state index contributed by atoms with van der Waals surface area (Å²) in [6.07, 6.45) is 0.673. The van der Waals surface area contributed by atoms with E-state index in [9.17, 15) is 4.79 Å². The van der Waals surface area contributed by atoms with Crippen LogP contribution in [0.3, 0.4) is 0 Å². The maximum atomic E-state index is 9.87. The number of aldehydes is 1. The first-order valence-corrected chi connectivity index (χ1v) is 3.18. The van der Waals surface area contributed by atoms with E-state index >= 15 is 0 Å². The molecule has 0 aliphatic heterocycles. The Balaban J connectivity index is 2.58. The molecule has 3 nitrogen and oxygen atoms in total. The van der Waals surface area contributed by atoms with Gasteiger partial charge in [-0.1, -0.05) is 0 Å². The van der Waals surface area contributed by atoms with Crippen LogP contribution >= 0.6 is 0 Å². The summed E-state index contributed by atoms with van der Waals surface area (Å²) >= 11 is 0. The third-order valence-electron chi connectivity index (χ3n) is 1.15. The molecule has 0 aromatic heterocycles. The molecular weight excluding hydrogens is 144 g/mol. The summed E-state index contributed by atoms with van der Waals surface area (Å²) in [6, 6.07) is 6.19. The van der Waals surface area contributed by atoms with E-state index in [1.807, 2.05) is 0 Å². The van der Waals surface area contributed by atoms with Gasteiger partial charge in [-0.15, -0.1) is 0 Å². The summed E-state index contributed by atoms with van der Waals surface area (Å²) in [5.74, 6) is 0.762.